The molecule has 1 atom stereocenters. The average Bonchev–Trinajstić information content (AvgIpc) is 3.16. The van der Waals surface area contributed by atoms with Gasteiger partial charge in [-0.05, 0) is 83.4 Å². The van der Waals surface area contributed by atoms with Crippen LogP contribution in [0.1, 0.15) is 80.6 Å². The van der Waals surface area contributed by atoms with E-state index >= 15 is 0 Å². The van der Waals surface area contributed by atoms with Gasteiger partial charge in [-0.1, -0.05) is 35.9 Å². The number of ether oxygens (including phenoxy) is 1. The third-order valence-corrected chi connectivity index (χ3v) is 6.81. The van der Waals surface area contributed by atoms with Gasteiger partial charge < -0.3 is 14.5 Å². The molecule has 1 saturated heterocycles. The van der Waals surface area contributed by atoms with Crippen molar-refractivity contribution in [3.05, 3.63) is 64.5 Å². The highest BCUT2D eigenvalue weighted by molar-refractivity contribution is 5.79. The summed E-state index contributed by atoms with van der Waals surface area (Å²) in [5, 5.41) is 0. The monoisotopic (exact) mass is 477 g/mol. The first-order valence-corrected chi connectivity index (χ1v) is 13.0. The van der Waals surface area contributed by atoms with Gasteiger partial charge in [0, 0.05) is 31.0 Å². The second kappa shape index (κ2) is 10.8. The Labute approximate surface area is 209 Å². The largest absolute Gasteiger partial charge is 0.460 e. The lowest BCUT2D eigenvalue weighted by molar-refractivity contribution is -0.156. The summed E-state index contributed by atoms with van der Waals surface area (Å²) in [4.78, 5) is 34.8. The molecule has 0 unspecified atom stereocenters. The van der Waals surface area contributed by atoms with Gasteiger partial charge >= 0.3 is 12.0 Å². The summed E-state index contributed by atoms with van der Waals surface area (Å²) in [7, 11) is 0. The molecule has 2 heterocycles. The first-order chi connectivity index (χ1) is 16.7. The van der Waals surface area contributed by atoms with Crippen LogP contribution in [0.2, 0.25) is 0 Å². The minimum absolute atomic E-state index is 0.00142. The van der Waals surface area contributed by atoms with Crippen LogP contribution in [-0.4, -0.2) is 52.0 Å². The van der Waals surface area contributed by atoms with E-state index in [4.69, 9.17) is 9.72 Å². The average molecular weight is 478 g/mol. The van der Waals surface area contributed by atoms with Gasteiger partial charge in [-0.15, -0.1) is 0 Å². The minimum atomic E-state index is -0.556. The molecule has 2 aromatic rings. The number of fused-ring (bicyclic) bond motifs is 1. The zero-order valence-electron chi connectivity index (χ0n) is 21.7. The topological polar surface area (TPSA) is 62.7 Å². The molecule has 35 heavy (non-hydrogen) atoms. The van der Waals surface area contributed by atoms with Gasteiger partial charge in [0.25, 0.3) is 0 Å². The van der Waals surface area contributed by atoms with Crippen LogP contribution in [0.4, 0.5) is 4.79 Å². The van der Waals surface area contributed by atoms with E-state index in [2.05, 4.69) is 18.2 Å². The number of urea groups is 1. The lowest BCUT2D eigenvalue weighted by Crippen LogP contribution is -2.37. The first kappa shape index (κ1) is 25.2. The number of rotatable bonds is 8. The molecule has 6 heteroatoms. The Balaban J connectivity index is 1.39. The molecule has 188 valence electrons. The zero-order chi connectivity index (χ0) is 25.0. The van der Waals surface area contributed by atoms with Crippen LogP contribution in [0.5, 0.6) is 0 Å². The quantitative estimate of drug-likeness (QED) is 0.477. The number of nitrogens with zero attached hydrogens (tertiary/aromatic N) is 3. The second-order valence-electron chi connectivity index (χ2n) is 10.9. The number of esters is 1. The minimum Gasteiger partial charge on any atom is -0.460 e. The van der Waals surface area contributed by atoms with Crippen LogP contribution >= 0.6 is 0 Å². The summed E-state index contributed by atoms with van der Waals surface area (Å²) in [5.74, 6) is -0.284. The summed E-state index contributed by atoms with van der Waals surface area (Å²) >= 11 is 0. The fourth-order valence-corrected chi connectivity index (χ4v) is 5.14. The van der Waals surface area contributed by atoms with Crippen LogP contribution in [0.25, 0.3) is 0 Å². The Morgan fingerprint density at radius 1 is 1.11 bits per heavy atom. The van der Waals surface area contributed by atoms with Crippen molar-refractivity contribution in [3.8, 4) is 0 Å². The van der Waals surface area contributed by atoms with E-state index in [1.54, 1.807) is 0 Å². The highest BCUT2D eigenvalue weighted by Gasteiger charge is 2.36. The molecule has 1 aliphatic heterocycles. The molecule has 1 aromatic heterocycles. The number of amides is 2. The normalized spacial score (nSPS) is 16.9. The Morgan fingerprint density at radius 2 is 1.91 bits per heavy atom. The van der Waals surface area contributed by atoms with Crippen molar-refractivity contribution < 1.29 is 14.3 Å². The lowest BCUT2D eigenvalue weighted by Gasteiger charge is -2.29. The van der Waals surface area contributed by atoms with Crippen LogP contribution < -0.4 is 0 Å². The molecule has 1 aliphatic carbocycles. The molecule has 6 nitrogen and oxygen atoms in total. The van der Waals surface area contributed by atoms with Crippen LogP contribution in [-0.2, 0) is 28.8 Å². The predicted octanol–water partition coefficient (Wildman–Crippen LogP) is 5.41. The Kier molecular flexibility index (Phi) is 7.78. The van der Waals surface area contributed by atoms with Crippen molar-refractivity contribution in [1.82, 2.24) is 14.8 Å². The summed E-state index contributed by atoms with van der Waals surface area (Å²) < 4.78 is 5.60. The molecular weight excluding hydrogens is 438 g/mol. The molecule has 4 rings (SSSR count). The van der Waals surface area contributed by atoms with Crippen molar-refractivity contribution in [2.75, 3.05) is 19.6 Å². The summed E-state index contributed by atoms with van der Waals surface area (Å²) in [5.41, 5.74) is 5.32. The number of aryl methyl sites for hydroxylation is 4. The standard InChI is InChI=1S/C29H39N3O3/c1-21-9-7-11-23(19-21)26(20-27(33)35-29(2,3)4)32-18-17-31(28(32)34)16-8-12-24-15-14-22-10-5-6-13-25(22)30-24/h7,9,11,14-15,19,26H,5-6,8,10,12-13,16-18,20H2,1-4H3/t26-/m0/s1. The summed E-state index contributed by atoms with van der Waals surface area (Å²) in [6, 6.07) is 12.1. The number of pyridine rings is 1. The van der Waals surface area contributed by atoms with E-state index in [1.165, 1.54) is 24.1 Å². The maximum absolute atomic E-state index is 13.4. The maximum Gasteiger partial charge on any atom is 0.320 e. The van der Waals surface area contributed by atoms with E-state index < -0.39 is 5.60 Å². The van der Waals surface area contributed by atoms with Crippen molar-refractivity contribution in [3.63, 3.8) is 0 Å². The molecule has 2 aliphatic rings. The van der Waals surface area contributed by atoms with Crippen LogP contribution in [0.15, 0.2) is 36.4 Å². The fraction of sp³-hybridized carbons (Fsp3) is 0.552. The molecule has 1 aromatic carbocycles. The summed E-state index contributed by atoms with van der Waals surface area (Å²) in [6.07, 6.45) is 6.63. The highest BCUT2D eigenvalue weighted by Crippen LogP contribution is 2.30. The van der Waals surface area contributed by atoms with E-state index in [0.717, 1.165) is 42.5 Å². The molecule has 0 bridgehead atoms. The molecule has 0 saturated carbocycles. The van der Waals surface area contributed by atoms with Gasteiger partial charge in [-0.2, -0.15) is 0 Å². The smallest absolute Gasteiger partial charge is 0.320 e. The number of benzene rings is 1. The van der Waals surface area contributed by atoms with E-state index in [-0.39, 0.29) is 24.5 Å². The molecular formula is C29H39N3O3. The van der Waals surface area contributed by atoms with E-state index in [0.29, 0.717) is 19.6 Å². The fourth-order valence-electron chi connectivity index (χ4n) is 5.14. The van der Waals surface area contributed by atoms with Gasteiger partial charge in [0.15, 0.2) is 0 Å². The van der Waals surface area contributed by atoms with Gasteiger partial charge in [-0.25, -0.2) is 4.79 Å². The third-order valence-electron chi connectivity index (χ3n) is 6.81. The van der Waals surface area contributed by atoms with Crippen LogP contribution in [0.3, 0.4) is 0 Å². The number of hydrogen-bond donors (Lipinski definition) is 0. The van der Waals surface area contributed by atoms with Crippen molar-refractivity contribution in [2.45, 2.75) is 84.3 Å². The van der Waals surface area contributed by atoms with Gasteiger partial charge in [0.2, 0.25) is 0 Å². The van der Waals surface area contributed by atoms with Gasteiger partial charge in [0.05, 0.1) is 12.5 Å². The molecule has 0 spiro atoms. The maximum atomic E-state index is 13.4. The van der Waals surface area contributed by atoms with Gasteiger partial charge in [0.1, 0.15) is 5.60 Å². The summed E-state index contributed by atoms with van der Waals surface area (Å²) in [6.45, 7) is 9.61. The van der Waals surface area contributed by atoms with Crippen molar-refractivity contribution in [1.29, 1.82) is 0 Å². The van der Waals surface area contributed by atoms with Crippen molar-refractivity contribution in [2.24, 2.45) is 0 Å². The third kappa shape index (κ3) is 6.62. The molecule has 2 amide bonds. The van der Waals surface area contributed by atoms with E-state index in [1.807, 2.05) is 55.7 Å². The van der Waals surface area contributed by atoms with Crippen LogP contribution in [0, 0.1) is 6.92 Å². The van der Waals surface area contributed by atoms with Crippen molar-refractivity contribution >= 4 is 12.0 Å². The number of hydrogen-bond acceptors (Lipinski definition) is 4. The lowest BCUT2D eigenvalue weighted by atomic mass is 9.95. The zero-order valence-corrected chi connectivity index (χ0v) is 21.7. The van der Waals surface area contributed by atoms with E-state index in [9.17, 15) is 9.59 Å². The molecule has 0 N–H and O–H groups in total. The van der Waals surface area contributed by atoms with Gasteiger partial charge in [-0.3, -0.25) is 9.78 Å². The highest BCUT2D eigenvalue weighted by atomic mass is 16.6. The first-order valence-electron chi connectivity index (χ1n) is 13.0. The Bertz CT molecular complexity index is 1060. The Hall–Kier alpha value is -2.89. The molecule has 0 radical (unpaired) electrons. The molecule has 1 fully saturated rings. The second-order valence-corrected chi connectivity index (χ2v) is 10.9. The SMILES string of the molecule is Cc1cccc([C@H](CC(=O)OC(C)(C)C)N2CCN(CCCc3ccc4c(n3)CCCC4)C2=O)c1. The number of aromatic nitrogens is 1. The Morgan fingerprint density at radius 3 is 2.69 bits per heavy atom. The number of carbonyl (C=O) groups excluding carboxylic acids is 2. The predicted molar refractivity (Wildman–Crippen MR) is 137 cm³/mol. The number of carbonyl (C=O) groups is 2.